The SMILES string of the molecule is CC(O)CC(C)NCc1c(Cl)oc2ccccc12. The van der Waals surface area contributed by atoms with Crippen LogP contribution < -0.4 is 5.32 Å². The average Bonchev–Trinajstić information content (AvgIpc) is 2.61. The lowest BCUT2D eigenvalue weighted by molar-refractivity contribution is 0.170. The monoisotopic (exact) mass is 267 g/mol. The second-order valence-corrected chi connectivity index (χ2v) is 5.06. The van der Waals surface area contributed by atoms with Crippen molar-refractivity contribution in [1.29, 1.82) is 0 Å². The molecule has 0 saturated carbocycles. The van der Waals surface area contributed by atoms with Gasteiger partial charge in [-0.3, -0.25) is 0 Å². The van der Waals surface area contributed by atoms with Crippen LogP contribution in [0.3, 0.4) is 0 Å². The summed E-state index contributed by atoms with van der Waals surface area (Å²) in [5.41, 5.74) is 1.78. The van der Waals surface area contributed by atoms with Crippen molar-refractivity contribution in [3.05, 3.63) is 35.0 Å². The number of hydrogen-bond acceptors (Lipinski definition) is 3. The maximum atomic E-state index is 9.32. The first-order chi connectivity index (χ1) is 8.58. The van der Waals surface area contributed by atoms with Crippen molar-refractivity contribution in [2.75, 3.05) is 0 Å². The van der Waals surface area contributed by atoms with E-state index in [9.17, 15) is 5.11 Å². The number of hydrogen-bond donors (Lipinski definition) is 2. The van der Waals surface area contributed by atoms with Crippen LogP contribution in [0.1, 0.15) is 25.8 Å². The summed E-state index contributed by atoms with van der Waals surface area (Å²) in [5, 5.41) is 14.1. The molecule has 0 radical (unpaired) electrons. The molecule has 98 valence electrons. The summed E-state index contributed by atoms with van der Waals surface area (Å²) in [6.45, 7) is 4.48. The molecule has 4 heteroatoms. The third kappa shape index (κ3) is 3.05. The number of fused-ring (bicyclic) bond motifs is 1. The van der Waals surface area contributed by atoms with E-state index in [-0.39, 0.29) is 12.1 Å². The molecule has 0 aliphatic heterocycles. The maximum absolute atomic E-state index is 9.32. The number of aliphatic hydroxyl groups is 1. The Hall–Kier alpha value is -1.03. The van der Waals surface area contributed by atoms with Gasteiger partial charge in [-0.15, -0.1) is 0 Å². The van der Waals surface area contributed by atoms with E-state index in [1.807, 2.05) is 31.2 Å². The number of rotatable bonds is 5. The van der Waals surface area contributed by atoms with Gasteiger partial charge in [-0.1, -0.05) is 18.2 Å². The molecule has 18 heavy (non-hydrogen) atoms. The summed E-state index contributed by atoms with van der Waals surface area (Å²) in [7, 11) is 0. The van der Waals surface area contributed by atoms with Gasteiger partial charge in [0.05, 0.1) is 6.10 Å². The number of para-hydroxylation sites is 1. The van der Waals surface area contributed by atoms with Crippen LogP contribution in [0.5, 0.6) is 0 Å². The van der Waals surface area contributed by atoms with E-state index in [0.29, 0.717) is 18.2 Å². The predicted molar refractivity (Wildman–Crippen MR) is 73.8 cm³/mol. The van der Waals surface area contributed by atoms with Crippen LogP contribution in [0, 0.1) is 0 Å². The van der Waals surface area contributed by atoms with E-state index in [1.165, 1.54) is 0 Å². The number of benzene rings is 1. The fourth-order valence-electron chi connectivity index (χ4n) is 2.10. The molecule has 2 N–H and O–H groups in total. The lowest BCUT2D eigenvalue weighted by Crippen LogP contribution is -2.28. The van der Waals surface area contributed by atoms with E-state index in [2.05, 4.69) is 5.32 Å². The van der Waals surface area contributed by atoms with E-state index in [4.69, 9.17) is 16.0 Å². The summed E-state index contributed by atoms with van der Waals surface area (Å²) >= 11 is 6.10. The molecule has 0 saturated heterocycles. The van der Waals surface area contributed by atoms with E-state index in [1.54, 1.807) is 6.92 Å². The van der Waals surface area contributed by atoms with Crippen molar-refractivity contribution in [1.82, 2.24) is 5.32 Å². The highest BCUT2D eigenvalue weighted by atomic mass is 35.5. The molecule has 2 aromatic rings. The first-order valence-corrected chi connectivity index (χ1v) is 6.53. The molecule has 0 bridgehead atoms. The van der Waals surface area contributed by atoms with Crippen molar-refractivity contribution >= 4 is 22.6 Å². The molecule has 3 nitrogen and oxygen atoms in total. The summed E-state index contributed by atoms with van der Waals surface area (Å²) < 4.78 is 5.49. The highest BCUT2D eigenvalue weighted by Crippen LogP contribution is 2.29. The summed E-state index contributed by atoms with van der Waals surface area (Å²) in [6, 6.07) is 8.03. The first kappa shape index (κ1) is 13.4. The standard InChI is InChI=1S/C14H18ClNO2/c1-9(7-10(2)17)16-8-12-11-5-3-4-6-13(11)18-14(12)15/h3-6,9-10,16-17H,7-8H2,1-2H3. The summed E-state index contributed by atoms with van der Waals surface area (Å²) in [6.07, 6.45) is 0.414. The maximum Gasteiger partial charge on any atom is 0.199 e. The van der Waals surface area contributed by atoms with Gasteiger partial charge in [0, 0.05) is 23.5 Å². The number of aliphatic hydroxyl groups excluding tert-OH is 1. The Labute approximate surface area is 112 Å². The molecule has 0 fully saturated rings. The second-order valence-electron chi connectivity index (χ2n) is 4.72. The Morgan fingerprint density at radius 1 is 1.33 bits per heavy atom. The van der Waals surface area contributed by atoms with Crippen LogP contribution in [-0.2, 0) is 6.54 Å². The van der Waals surface area contributed by atoms with Gasteiger partial charge >= 0.3 is 0 Å². The highest BCUT2D eigenvalue weighted by molar-refractivity contribution is 6.30. The minimum atomic E-state index is -0.302. The number of halogens is 1. The van der Waals surface area contributed by atoms with Gasteiger partial charge in [-0.05, 0) is 37.9 Å². The molecule has 0 spiro atoms. The number of nitrogens with one attached hydrogen (secondary N) is 1. The van der Waals surface area contributed by atoms with Crippen LogP contribution in [0.2, 0.25) is 5.22 Å². The van der Waals surface area contributed by atoms with Crippen molar-refractivity contribution < 1.29 is 9.52 Å². The zero-order valence-electron chi connectivity index (χ0n) is 10.6. The summed E-state index contributed by atoms with van der Waals surface area (Å²) in [5.74, 6) is 0. The topological polar surface area (TPSA) is 45.4 Å². The normalized spacial score (nSPS) is 14.9. The smallest absolute Gasteiger partial charge is 0.199 e. The van der Waals surface area contributed by atoms with Crippen molar-refractivity contribution in [3.63, 3.8) is 0 Å². The molecular formula is C14H18ClNO2. The van der Waals surface area contributed by atoms with Crippen LogP contribution in [0.15, 0.2) is 28.7 Å². The molecule has 0 aliphatic rings. The zero-order chi connectivity index (χ0) is 13.1. The van der Waals surface area contributed by atoms with Gasteiger partial charge in [0.15, 0.2) is 5.22 Å². The molecular weight excluding hydrogens is 250 g/mol. The summed E-state index contributed by atoms with van der Waals surface area (Å²) in [4.78, 5) is 0. The first-order valence-electron chi connectivity index (χ1n) is 6.15. The van der Waals surface area contributed by atoms with Crippen molar-refractivity contribution in [3.8, 4) is 0 Å². The third-order valence-corrected chi connectivity index (χ3v) is 3.28. The van der Waals surface area contributed by atoms with Gasteiger partial charge in [0.1, 0.15) is 5.58 Å². The lowest BCUT2D eigenvalue weighted by atomic mass is 10.1. The lowest BCUT2D eigenvalue weighted by Gasteiger charge is -2.14. The van der Waals surface area contributed by atoms with Crippen LogP contribution in [0.4, 0.5) is 0 Å². The zero-order valence-corrected chi connectivity index (χ0v) is 11.4. The van der Waals surface area contributed by atoms with Gasteiger partial charge in [0.25, 0.3) is 0 Å². The second kappa shape index (κ2) is 5.74. The Balaban J connectivity index is 2.09. The average molecular weight is 268 g/mol. The van der Waals surface area contributed by atoms with E-state index in [0.717, 1.165) is 16.5 Å². The molecule has 0 amide bonds. The minimum absolute atomic E-state index is 0.231. The minimum Gasteiger partial charge on any atom is -0.444 e. The highest BCUT2D eigenvalue weighted by Gasteiger charge is 2.13. The molecule has 1 heterocycles. The van der Waals surface area contributed by atoms with Gasteiger partial charge in [-0.2, -0.15) is 0 Å². The van der Waals surface area contributed by atoms with Crippen LogP contribution >= 0.6 is 11.6 Å². The van der Waals surface area contributed by atoms with Gasteiger partial charge in [-0.25, -0.2) is 0 Å². The molecule has 1 aromatic heterocycles. The molecule has 1 aromatic carbocycles. The Morgan fingerprint density at radius 3 is 2.78 bits per heavy atom. The molecule has 2 rings (SSSR count). The Morgan fingerprint density at radius 2 is 2.06 bits per heavy atom. The molecule has 2 atom stereocenters. The fraction of sp³-hybridized carbons (Fsp3) is 0.429. The predicted octanol–water partition coefficient (Wildman–Crippen LogP) is 3.34. The van der Waals surface area contributed by atoms with Crippen molar-refractivity contribution in [2.24, 2.45) is 0 Å². The van der Waals surface area contributed by atoms with Gasteiger partial charge in [0.2, 0.25) is 0 Å². The van der Waals surface area contributed by atoms with E-state index < -0.39 is 0 Å². The van der Waals surface area contributed by atoms with Crippen molar-refractivity contribution in [2.45, 2.75) is 39.0 Å². The van der Waals surface area contributed by atoms with Crippen LogP contribution in [0.25, 0.3) is 11.0 Å². The van der Waals surface area contributed by atoms with Crippen LogP contribution in [-0.4, -0.2) is 17.3 Å². The Bertz CT molecular complexity index is 521. The quantitative estimate of drug-likeness (QED) is 0.873. The van der Waals surface area contributed by atoms with Gasteiger partial charge < -0.3 is 14.8 Å². The molecule has 0 aliphatic carbocycles. The number of furan rings is 1. The largest absolute Gasteiger partial charge is 0.444 e. The Kier molecular flexibility index (Phi) is 4.27. The molecule has 2 unspecified atom stereocenters. The third-order valence-electron chi connectivity index (χ3n) is 2.97. The van der Waals surface area contributed by atoms with E-state index >= 15 is 0 Å². The fourth-order valence-corrected chi connectivity index (χ4v) is 2.36.